The van der Waals surface area contributed by atoms with Crippen molar-refractivity contribution in [1.29, 1.82) is 0 Å². The Labute approximate surface area is 123 Å². The molecule has 106 valence electrons. The lowest BCUT2D eigenvalue weighted by atomic mass is 10.1. The van der Waals surface area contributed by atoms with Crippen molar-refractivity contribution in [3.63, 3.8) is 0 Å². The number of hydrogen-bond acceptors (Lipinski definition) is 2. The van der Waals surface area contributed by atoms with E-state index in [1.54, 1.807) is 0 Å². The van der Waals surface area contributed by atoms with E-state index in [1.165, 1.54) is 36.1 Å². The van der Waals surface area contributed by atoms with Crippen LogP contribution in [0.4, 0.5) is 0 Å². The molecule has 0 atom stereocenters. The molecule has 0 fully saturated rings. The standard InChI is InChI=1S/C16H27NSSi/c1-15-9-8-10-16(13-15)14-17-11-6-5-7-12-18-19(2,3)4/h8-10,13-14H,5-7,11-12H2,1-4H3. The number of aryl methyl sites for hydroxylation is 1. The molecule has 1 aromatic rings. The monoisotopic (exact) mass is 293 g/mol. The molecule has 0 saturated carbocycles. The van der Waals surface area contributed by atoms with Gasteiger partial charge >= 0.3 is 0 Å². The summed E-state index contributed by atoms with van der Waals surface area (Å²) in [6, 6.07) is 8.49. The minimum atomic E-state index is -0.895. The highest BCUT2D eigenvalue weighted by atomic mass is 32.4. The largest absolute Gasteiger partial charge is 0.293 e. The van der Waals surface area contributed by atoms with E-state index in [-0.39, 0.29) is 0 Å². The summed E-state index contributed by atoms with van der Waals surface area (Å²) in [5, 5.41) is 0. The first kappa shape index (κ1) is 16.5. The van der Waals surface area contributed by atoms with E-state index in [0.717, 1.165) is 6.54 Å². The van der Waals surface area contributed by atoms with Crippen LogP contribution < -0.4 is 0 Å². The van der Waals surface area contributed by atoms with E-state index in [2.05, 4.69) is 67.0 Å². The minimum absolute atomic E-state index is 0.895. The first-order valence-corrected chi connectivity index (χ1v) is 12.4. The van der Waals surface area contributed by atoms with Crippen LogP contribution in [0, 0.1) is 6.92 Å². The van der Waals surface area contributed by atoms with E-state index in [1.807, 2.05) is 6.21 Å². The van der Waals surface area contributed by atoms with Crippen LogP contribution in [-0.2, 0) is 0 Å². The summed E-state index contributed by atoms with van der Waals surface area (Å²) in [4.78, 5) is 4.51. The van der Waals surface area contributed by atoms with Gasteiger partial charge in [0, 0.05) is 12.8 Å². The second kappa shape index (κ2) is 8.59. The predicted octanol–water partition coefficient (Wildman–Crippen LogP) is 5.15. The van der Waals surface area contributed by atoms with Crippen molar-refractivity contribution < 1.29 is 0 Å². The zero-order chi connectivity index (χ0) is 14.1. The molecule has 0 aromatic heterocycles. The first-order chi connectivity index (χ1) is 8.97. The quantitative estimate of drug-likeness (QED) is 0.367. The molecule has 0 aliphatic rings. The van der Waals surface area contributed by atoms with Gasteiger partial charge in [-0.15, -0.1) is 0 Å². The molecular weight excluding hydrogens is 266 g/mol. The van der Waals surface area contributed by atoms with Crippen LogP contribution in [0.2, 0.25) is 19.6 Å². The molecule has 0 N–H and O–H groups in total. The summed E-state index contributed by atoms with van der Waals surface area (Å²) in [6.07, 6.45) is 5.87. The van der Waals surface area contributed by atoms with Gasteiger partial charge in [0.05, 0.1) is 0 Å². The molecule has 0 amide bonds. The molecule has 0 heterocycles. The molecule has 1 nitrogen and oxygen atoms in total. The van der Waals surface area contributed by atoms with Crippen molar-refractivity contribution in [1.82, 2.24) is 0 Å². The van der Waals surface area contributed by atoms with Crippen molar-refractivity contribution in [2.24, 2.45) is 4.99 Å². The van der Waals surface area contributed by atoms with Gasteiger partial charge < -0.3 is 0 Å². The predicted molar refractivity (Wildman–Crippen MR) is 93.3 cm³/mol. The Bertz CT molecular complexity index is 396. The fourth-order valence-corrected chi connectivity index (χ4v) is 5.01. The average Bonchev–Trinajstić information content (AvgIpc) is 2.31. The first-order valence-electron chi connectivity index (χ1n) is 7.18. The maximum Gasteiger partial charge on any atom is 0.108 e. The van der Waals surface area contributed by atoms with Gasteiger partial charge in [0.1, 0.15) is 7.22 Å². The Hall–Kier alpha value is -0.543. The van der Waals surface area contributed by atoms with Crippen molar-refractivity contribution in [3.8, 4) is 0 Å². The fraction of sp³-hybridized carbons (Fsp3) is 0.562. The van der Waals surface area contributed by atoms with Crippen molar-refractivity contribution in [3.05, 3.63) is 35.4 Å². The molecule has 0 aliphatic carbocycles. The third-order valence-electron chi connectivity index (χ3n) is 2.75. The van der Waals surface area contributed by atoms with E-state index in [9.17, 15) is 0 Å². The van der Waals surface area contributed by atoms with Gasteiger partial charge in [-0.1, -0.05) is 55.9 Å². The zero-order valence-electron chi connectivity index (χ0n) is 12.8. The van der Waals surface area contributed by atoms with E-state index >= 15 is 0 Å². The number of benzene rings is 1. The third-order valence-corrected chi connectivity index (χ3v) is 7.32. The number of rotatable bonds is 8. The Morgan fingerprint density at radius 3 is 2.63 bits per heavy atom. The summed E-state index contributed by atoms with van der Waals surface area (Å²) in [6.45, 7) is 10.3. The van der Waals surface area contributed by atoms with Gasteiger partial charge in [-0.3, -0.25) is 4.99 Å². The molecule has 0 saturated heterocycles. The van der Waals surface area contributed by atoms with Crippen molar-refractivity contribution in [2.75, 3.05) is 12.3 Å². The van der Waals surface area contributed by atoms with E-state index in [4.69, 9.17) is 0 Å². The second-order valence-corrected chi connectivity index (χ2v) is 15.4. The minimum Gasteiger partial charge on any atom is -0.293 e. The molecule has 19 heavy (non-hydrogen) atoms. The van der Waals surface area contributed by atoms with Gasteiger partial charge in [-0.2, -0.15) is 11.2 Å². The number of hydrogen-bond donors (Lipinski definition) is 0. The van der Waals surface area contributed by atoms with Gasteiger partial charge in [-0.25, -0.2) is 0 Å². The zero-order valence-corrected chi connectivity index (χ0v) is 14.6. The number of aliphatic imine (C=N–C) groups is 1. The van der Waals surface area contributed by atoms with Gasteiger partial charge in [-0.05, 0) is 31.1 Å². The second-order valence-electron chi connectivity index (χ2n) is 5.97. The molecule has 0 unspecified atom stereocenters. The molecule has 1 aromatic carbocycles. The molecular formula is C16H27NSSi. The average molecular weight is 294 g/mol. The van der Waals surface area contributed by atoms with Crippen LogP contribution in [-0.4, -0.2) is 25.7 Å². The van der Waals surface area contributed by atoms with E-state index < -0.39 is 7.22 Å². The maximum atomic E-state index is 4.51. The topological polar surface area (TPSA) is 12.4 Å². The molecule has 3 heteroatoms. The normalized spacial score (nSPS) is 12.2. The number of nitrogens with zero attached hydrogens (tertiary/aromatic N) is 1. The summed E-state index contributed by atoms with van der Waals surface area (Å²) in [5.74, 6) is 1.33. The molecule has 0 radical (unpaired) electrons. The smallest absolute Gasteiger partial charge is 0.108 e. The van der Waals surface area contributed by atoms with Crippen LogP contribution in [0.1, 0.15) is 30.4 Å². The van der Waals surface area contributed by atoms with Crippen molar-refractivity contribution in [2.45, 2.75) is 45.8 Å². The summed E-state index contributed by atoms with van der Waals surface area (Å²) in [7, 11) is -0.895. The van der Waals surface area contributed by atoms with Gasteiger partial charge in [0.15, 0.2) is 0 Å². The summed E-state index contributed by atoms with van der Waals surface area (Å²) < 4.78 is 0. The fourth-order valence-electron chi connectivity index (χ4n) is 1.78. The Morgan fingerprint density at radius 2 is 1.95 bits per heavy atom. The SMILES string of the molecule is Cc1cccc(C=NCCCCCS[Si](C)(C)C)c1. The third kappa shape index (κ3) is 9.06. The lowest BCUT2D eigenvalue weighted by Crippen LogP contribution is -2.14. The Balaban J connectivity index is 2.08. The lowest BCUT2D eigenvalue weighted by Gasteiger charge is -2.14. The highest BCUT2D eigenvalue weighted by Crippen LogP contribution is 2.20. The van der Waals surface area contributed by atoms with Gasteiger partial charge in [0.2, 0.25) is 0 Å². The van der Waals surface area contributed by atoms with Gasteiger partial charge in [0.25, 0.3) is 0 Å². The number of unbranched alkanes of at least 4 members (excludes halogenated alkanes) is 2. The lowest BCUT2D eigenvalue weighted by molar-refractivity contribution is 0.735. The maximum absolute atomic E-state index is 4.51. The molecule has 1 rings (SSSR count). The van der Waals surface area contributed by atoms with Crippen LogP contribution >= 0.6 is 11.2 Å². The Kier molecular flexibility index (Phi) is 7.47. The molecule has 0 aliphatic heterocycles. The van der Waals surface area contributed by atoms with Crippen LogP contribution in [0.15, 0.2) is 29.3 Å². The van der Waals surface area contributed by atoms with Crippen LogP contribution in [0.25, 0.3) is 0 Å². The van der Waals surface area contributed by atoms with E-state index in [0.29, 0.717) is 0 Å². The summed E-state index contributed by atoms with van der Waals surface area (Å²) >= 11 is 2.20. The van der Waals surface area contributed by atoms with Crippen LogP contribution in [0.3, 0.4) is 0 Å². The highest BCUT2D eigenvalue weighted by Gasteiger charge is 2.12. The Morgan fingerprint density at radius 1 is 1.16 bits per heavy atom. The highest BCUT2D eigenvalue weighted by molar-refractivity contribution is 8.28. The summed E-state index contributed by atoms with van der Waals surface area (Å²) in [5.41, 5.74) is 2.52. The van der Waals surface area contributed by atoms with Crippen LogP contribution in [0.5, 0.6) is 0 Å². The molecule has 0 bridgehead atoms. The molecule has 0 spiro atoms. The van der Waals surface area contributed by atoms with Crippen molar-refractivity contribution >= 4 is 24.6 Å².